The maximum absolute atomic E-state index is 13.1. The molecule has 1 aromatic carbocycles. The van der Waals surface area contributed by atoms with Crippen molar-refractivity contribution in [3.05, 3.63) is 24.0 Å². The van der Waals surface area contributed by atoms with Gasteiger partial charge < -0.3 is 10.5 Å². The fourth-order valence-electron chi connectivity index (χ4n) is 2.42. The zero-order valence-corrected chi connectivity index (χ0v) is 13.1. The van der Waals surface area contributed by atoms with Crippen LogP contribution in [0.2, 0.25) is 0 Å². The third kappa shape index (κ3) is 3.53. The lowest BCUT2D eigenvalue weighted by Gasteiger charge is -2.28. The van der Waals surface area contributed by atoms with E-state index in [9.17, 15) is 12.8 Å². The van der Waals surface area contributed by atoms with Crippen LogP contribution < -0.4 is 5.73 Å². The summed E-state index contributed by atoms with van der Waals surface area (Å²) < 4.78 is 45.2. The van der Waals surface area contributed by atoms with Crippen LogP contribution in [0, 0.1) is 11.7 Å². The number of ether oxygens (including phenoxy) is 1. The van der Waals surface area contributed by atoms with Crippen LogP contribution in [-0.2, 0) is 14.8 Å². The topological polar surface area (TPSA) is 72.6 Å². The Hall–Kier alpha value is -1.18. The molecule has 2 rings (SSSR count). The molecule has 1 atom stereocenters. The van der Waals surface area contributed by atoms with Crippen LogP contribution in [0.1, 0.15) is 19.8 Å². The Morgan fingerprint density at radius 3 is 2.67 bits per heavy atom. The lowest BCUT2D eigenvalue weighted by molar-refractivity contribution is 0.164. The standard InChI is InChI=1S/C14H21FN2O3S/c1-10(11-3-4-11)17(7-8-20-2)21(18,19)14-6-5-12(15)9-13(14)16/h5-6,9-11H,3-4,7-8,16H2,1-2H3. The second-order valence-corrected chi connectivity index (χ2v) is 7.23. The summed E-state index contributed by atoms with van der Waals surface area (Å²) in [4.78, 5) is -0.0486. The highest BCUT2D eigenvalue weighted by atomic mass is 32.2. The van der Waals surface area contributed by atoms with E-state index in [0.717, 1.165) is 25.0 Å². The number of nitrogen functional groups attached to an aromatic ring is 1. The summed E-state index contributed by atoms with van der Waals surface area (Å²) >= 11 is 0. The Balaban J connectivity index is 2.35. The number of methoxy groups -OCH3 is 1. The van der Waals surface area contributed by atoms with Crippen LogP contribution in [0.25, 0.3) is 0 Å². The van der Waals surface area contributed by atoms with Gasteiger partial charge in [0.25, 0.3) is 0 Å². The summed E-state index contributed by atoms with van der Waals surface area (Å²) in [5.41, 5.74) is 5.62. The summed E-state index contributed by atoms with van der Waals surface area (Å²) in [5, 5.41) is 0. The molecule has 0 heterocycles. The highest BCUT2D eigenvalue weighted by Gasteiger charge is 2.38. The Bertz CT molecular complexity index is 602. The number of anilines is 1. The van der Waals surface area contributed by atoms with Crippen LogP contribution >= 0.6 is 0 Å². The maximum Gasteiger partial charge on any atom is 0.245 e. The molecule has 1 aliphatic carbocycles. The number of rotatable bonds is 7. The van der Waals surface area contributed by atoms with Gasteiger partial charge in [0, 0.05) is 19.7 Å². The minimum absolute atomic E-state index is 0.0486. The number of sulfonamides is 1. The van der Waals surface area contributed by atoms with E-state index in [2.05, 4.69) is 0 Å². The molecule has 0 radical (unpaired) electrons. The van der Waals surface area contributed by atoms with Crippen LogP contribution in [0.3, 0.4) is 0 Å². The first-order valence-electron chi connectivity index (χ1n) is 6.93. The third-order valence-electron chi connectivity index (χ3n) is 3.83. The van der Waals surface area contributed by atoms with Gasteiger partial charge in [0.2, 0.25) is 10.0 Å². The molecule has 0 bridgehead atoms. The van der Waals surface area contributed by atoms with Crippen LogP contribution in [-0.4, -0.2) is 39.0 Å². The molecule has 1 unspecified atom stereocenters. The molecule has 21 heavy (non-hydrogen) atoms. The van der Waals surface area contributed by atoms with Crippen molar-refractivity contribution in [3.8, 4) is 0 Å². The van der Waals surface area contributed by atoms with Crippen molar-refractivity contribution >= 4 is 15.7 Å². The lowest BCUT2D eigenvalue weighted by atomic mass is 10.2. The van der Waals surface area contributed by atoms with E-state index < -0.39 is 15.8 Å². The second kappa shape index (κ2) is 6.29. The predicted molar refractivity (Wildman–Crippen MR) is 78.8 cm³/mol. The summed E-state index contributed by atoms with van der Waals surface area (Å²) in [7, 11) is -2.24. The van der Waals surface area contributed by atoms with Crippen molar-refractivity contribution in [2.75, 3.05) is 26.0 Å². The van der Waals surface area contributed by atoms with Gasteiger partial charge in [0.1, 0.15) is 10.7 Å². The van der Waals surface area contributed by atoms with Gasteiger partial charge in [-0.3, -0.25) is 0 Å². The average Bonchev–Trinajstić information content (AvgIpc) is 3.22. The van der Waals surface area contributed by atoms with Crippen molar-refractivity contribution in [2.24, 2.45) is 5.92 Å². The number of nitrogens with zero attached hydrogens (tertiary/aromatic N) is 1. The molecule has 0 aromatic heterocycles. The van der Waals surface area contributed by atoms with Gasteiger partial charge in [-0.2, -0.15) is 4.31 Å². The average molecular weight is 316 g/mol. The fourth-order valence-corrected chi connectivity index (χ4v) is 4.19. The van der Waals surface area contributed by atoms with Crippen molar-refractivity contribution in [2.45, 2.75) is 30.7 Å². The molecule has 0 aliphatic heterocycles. The molecule has 2 N–H and O–H groups in total. The van der Waals surface area contributed by atoms with E-state index >= 15 is 0 Å². The molecular formula is C14H21FN2O3S. The molecule has 7 heteroatoms. The van der Waals surface area contributed by atoms with Gasteiger partial charge >= 0.3 is 0 Å². The van der Waals surface area contributed by atoms with Gasteiger partial charge in [-0.15, -0.1) is 0 Å². The number of nitrogens with two attached hydrogens (primary N) is 1. The molecule has 1 fully saturated rings. The van der Waals surface area contributed by atoms with E-state index in [1.807, 2.05) is 6.92 Å². The van der Waals surface area contributed by atoms with Gasteiger partial charge in [-0.05, 0) is 43.9 Å². The van der Waals surface area contributed by atoms with E-state index in [-0.39, 0.29) is 23.2 Å². The molecule has 0 saturated heterocycles. The first-order valence-corrected chi connectivity index (χ1v) is 8.37. The molecule has 118 valence electrons. The summed E-state index contributed by atoms with van der Waals surface area (Å²) in [6.07, 6.45) is 2.05. The molecular weight excluding hydrogens is 295 g/mol. The summed E-state index contributed by atoms with van der Waals surface area (Å²) in [5.74, 6) is -0.177. The van der Waals surface area contributed by atoms with E-state index in [1.165, 1.54) is 17.5 Å². The minimum Gasteiger partial charge on any atom is -0.398 e. The summed E-state index contributed by atoms with van der Waals surface area (Å²) in [6.45, 7) is 2.45. The predicted octanol–water partition coefficient (Wildman–Crippen LogP) is 1.84. The molecule has 1 aliphatic rings. The Labute approximate surface area is 124 Å². The highest BCUT2D eigenvalue weighted by molar-refractivity contribution is 7.89. The lowest BCUT2D eigenvalue weighted by Crippen LogP contribution is -2.42. The first kappa shape index (κ1) is 16.2. The Morgan fingerprint density at radius 2 is 2.14 bits per heavy atom. The van der Waals surface area contributed by atoms with E-state index in [4.69, 9.17) is 10.5 Å². The van der Waals surface area contributed by atoms with E-state index in [1.54, 1.807) is 0 Å². The summed E-state index contributed by atoms with van der Waals surface area (Å²) in [6, 6.07) is 3.25. The zero-order chi connectivity index (χ0) is 15.6. The fraction of sp³-hybridized carbons (Fsp3) is 0.571. The molecule has 0 amide bonds. The first-order chi connectivity index (χ1) is 9.87. The number of hydrogen-bond acceptors (Lipinski definition) is 4. The quantitative estimate of drug-likeness (QED) is 0.779. The maximum atomic E-state index is 13.1. The SMILES string of the molecule is COCCN(C(C)C1CC1)S(=O)(=O)c1ccc(F)cc1N. The number of benzene rings is 1. The Morgan fingerprint density at radius 1 is 1.48 bits per heavy atom. The number of halogens is 1. The van der Waals surface area contributed by atoms with Crippen LogP contribution in [0.15, 0.2) is 23.1 Å². The monoisotopic (exact) mass is 316 g/mol. The molecule has 1 aromatic rings. The van der Waals surface area contributed by atoms with E-state index in [0.29, 0.717) is 12.5 Å². The smallest absolute Gasteiger partial charge is 0.245 e. The minimum atomic E-state index is -3.76. The number of hydrogen-bond donors (Lipinski definition) is 1. The van der Waals surface area contributed by atoms with Crippen molar-refractivity contribution in [3.63, 3.8) is 0 Å². The van der Waals surface area contributed by atoms with Crippen LogP contribution in [0.4, 0.5) is 10.1 Å². The molecule has 5 nitrogen and oxygen atoms in total. The van der Waals surface area contributed by atoms with Gasteiger partial charge in [0.15, 0.2) is 0 Å². The van der Waals surface area contributed by atoms with Gasteiger partial charge in [-0.25, -0.2) is 12.8 Å². The second-order valence-electron chi connectivity index (χ2n) is 5.37. The Kier molecular flexibility index (Phi) is 4.85. The highest BCUT2D eigenvalue weighted by Crippen LogP contribution is 2.37. The van der Waals surface area contributed by atoms with Gasteiger partial charge in [-0.1, -0.05) is 0 Å². The van der Waals surface area contributed by atoms with Crippen molar-refractivity contribution < 1.29 is 17.5 Å². The van der Waals surface area contributed by atoms with Crippen molar-refractivity contribution in [1.82, 2.24) is 4.31 Å². The molecule has 1 saturated carbocycles. The third-order valence-corrected chi connectivity index (χ3v) is 5.89. The normalized spacial score (nSPS) is 17.1. The van der Waals surface area contributed by atoms with Crippen molar-refractivity contribution in [1.29, 1.82) is 0 Å². The van der Waals surface area contributed by atoms with Crippen LogP contribution in [0.5, 0.6) is 0 Å². The van der Waals surface area contributed by atoms with Gasteiger partial charge in [0.05, 0.1) is 12.3 Å². The molecule has 0 spiro atoms. The largest absolute Gasteiger partial charge is 0.398 e. The zero-order valence-electron chi connectivity index (χ0n) is 12.3.